The predicted molar refractivity (Wildman–Crippen MR) is 79.0 cm³/mol. The molecule has 1 amide bonds. The number of H-pyrrole nitrogens is 1. The number of benzene rings is 1. The van der Waals surface area contributed by atoms with Crippen LogP contribution >= 0.6 is 12.2 Å². The highest BCUT2D eigenvalue weighted by atomic mass is 32.1. The number of carbonyl (C=O) groups is 1. The number of hydrogen-bond acceptors (Lipinski definition) is 3. The van der Waals surface area contributed by atoms with Crippen molar-refractivity contribution in [1.82, 2.24) is 10.3 Å². The van der Waals surface area contributed by atoms with Crippen LogP contribution in [0.4, 0.5) is 0 Å². The number of nitrogens with one attached hydrogen (secondary N) is 2. The zero-order chi connectivity index (χ0) is 13.9. The average molecular weight is 284 g/mol. The van der Waals surface area contributed by atoms with Gasteiger partial charge in [-0.05, 0) is 24.3 Å². The van der Waals surface area contributed by atoms with Gasteiger partial charge in [0, 0.05) is 11.6 Å². The van der Waals surface area contributed by atoms with E-state index in [0.29, 0.717) is 22.5 Å². The first-order chi connectivity index (χ1) is 9.74. The molecule has 3 aromatic rings. The van der Waals surface area contributed by atoms with Crippen LogP contribution in [0.5, 0.6) is 0 Å². The number of fused-ring (bicyclic) bond motifs is 1. The van der Waals surface area contributed by atoms with Gasteiger partial charge >= 0.3 is 0 Å². The highest BCUT2D eigenvalue weighted by Crippen LogP contribution is 2.18. The molecule has 0 atom stereocenters. The van der Waals surface area contributed by atoms with E-state index in [1.807, 2.05) is 30.3 Å². The largest absolute Gasteiger partial charge is 0.459 e. The first kappa shape index (κ1) is 12.6. The second kappa shape index (κ2) is 5.30. The molecule has 1 aromatic carbocycles. The van der Waals surface area contributed by atoms with E-state index in [4.69, 9.17) is 16.6 Å². The van der Waals surface area contributed by atoms with Gasteiger partial charge in [-0.2, -0.15) is 0 Å². The second-order valence-corrected chi connectivity index (χ2v) is 4.75. The van der Waals surface area contributed by atoms with Gasteiger partial charge in [0.1, 0.15) is 16.0 Å². The average Bonchev–Trinajstić information content (AvgIpc) is 2.88. The summed E-state index contributed by atoms with van der Waals surface area (Å²) in [4.78, 5) is 14.8. The number of hydrogen-bond donors (Lipinski definition) is 2. The van der Waals surface area contributed by atoms with Crippen LogP contribution in [0.2, 0.25) is 0 Å². The third kappa shape index (κ3) is 2.48. The molecule has 0 saturated heterocycles. The van der Waals surface area contributed by atoms with Crippen LogP contribution in [0, 0.1) is 4.64 Å². The van der Waals surface area contributed by atoms with Crippen molar-refractivity contribution in [1.29, 1.82) is 0 Å². The number of amides is 1. The lowest BCUT2D eigenvalue weighted by Crippen LogP contribution is -2.23. The quantitative estimate of drug-likeness (QED) is 0.724. The van der Waals surface area contributed by atoms with Gasteiger partial charge in [0.2, 0.25) is 0 Å². The van der Waals surface area contributed by atoms with E-state index >= 15 is 0 Å². The summed E-state index contributed by atoms with van der Waals surface area (Å²) in [7, 11) is 0. The van der Waals surface area contributed by atoms with Crippen LogP contribution in [0.1, 0.15) is 16.1 Å². The number of aromatic amines is 1. The topological polar surface area (TPSA) is 58.0 Å². The highest BCUT2D eigenvalue weighted by molar-refractivity contribution is 7.71. The fourth-order valence-corrected chi connectivity index (χ4v) is 2.22. The van der Waals surface area contributed by atoms with E-state index in [0.717, 1.165) is 11.0 Å². The second-order valence-electron chi connectivity index (χ2n) is 4.35. The number of carbonyl (C=O) groups excluding carboxylic acids is 1. The molecule has 0 unspecified atom stereocenters. The summed E-state index contributed by atoms with van der Waals surface area (Å²) in [6, 6.07) is 13.1. The minimum absolute atomic E-state index is 0.215. The van der Waals surface area contributed by atoms with Crippen LogP contribution in [0.25, 0.3) is 11.0 Å². The van der Waals surface area contributed by atoms with Crippen molar-refractivity contribution in [2.45, 2.75) is 6.54 Å². The summed E-state index contributed by atoms with van der Waals surface area (Å²) in [6.07, 6.45) is 1.69. The maximum atomic E-state index is 12.0. The van der Waals surface area contributed by atoms with Gasteiger partial charge < -0.3 is 14.7 Å². The van der Waals surface area contributed by atoms with E-state index in [9.17, 15) is 4.79 Å². The summed E-state index contributed by atoms with van der Waals surface area (Å²) in [5, 5.41) is 3.82. The van der Waals surface area contributed by atoms with Crippen molar-refractivity contribution in [3.63, 3.8) is 0 Å². The normalized spacial score (nSPS) is 10.6. The van der Waals surface area contributed by atoms with E-state index in [-0.39, 0.29) is 5.91 Å². The Kier molecular flexibility index (Phi) is 3.35. The number of pyridine rings is 1. The fraction of sp³-hybridized carbons (Fsp3) is 0.0667. The third-order valence-electron chi connectivity index (χ3n) is 2.96. The summed E-state index contributed by atoms with van der Waals surface area (Å²) in [6.45, 7) is 0.331. The molecule has 2 aromatic heterocycles. The maximum absolute atomic E-state index is 12.0. The van der Waals surface area contributed by atoms with Crippen LogP contribution in [-0.4, -0.2) is 10.9 Å². The minimum Gasteiger partial charge on any atom is -0.459 e. The van der Waals surface area contributed by atoms with Crippen LogP contribution < -0.4 is 5.32 Å². The molecule has 0 radical (unpaired) electrons. The van der Waals surface area contributed by atoms with Crippen LogP contribution in [0.3, 0.4) is 0 Å². The monoisotopic (exact) mass is 284 g/mol. The Bertz CT molecular complexity index is 787. The molecule has 0 aliphatic heterocycles. The molecule has 3 rings (SSSR count). The standard InChI is InChI=1S/C15H12N2O2S/c18-14(12-5-3-7-16-15(12)20)17-9-11-8-10-4-1-2-6-13(10)19-11/h1-8H,9H2,(H,16,20)(H,17,18). The molecule has 0 saturated carbocycles. The van der Waals surface area contributed by atoms with Gasteiger partial charge in [-0.15, -0.1) is 0 Å². The van der Waals surface area contributed by atoms with E-state index in [1.165, 1.54) is 0 Å². The van der Waals surface area contributed by atoms with Gasteiger partial charge in [0.05, 0.1) is 12.1 Å². The Hall–Kier alpha value is -2.40. The van der Waals surface area contributed by atoms with Gasteiger partial charge in [-0.25, -0.2) is 0 Å². The Morgan fingerprint density at radius 3 is 2.90 bits per heavy atom. The van der Waals surface area contributed by atoms with Crippen LogP contribution in [0.15, 0.2) is 53.1 Å². The van der Waals surface area contributed by atoms with Crippen molar-refractivity contribution in [2.75, 3.05) is 0 Å². The zero-order valence-electron chi connectivity index (χ0n) is 10.6. The van der Waals surface area contributed by atoms with E-state index < -0.39 is 0 Å². The van der Waals surface area contributed by atoms with Crippen molar-refractivity contribution in [3.05, 3.63) is 64.6 Å². The van der Waals surface area contributed by atoms with E-state index in [1.54, 1.807) is 18.3 Å². The van der Waals surface area contributed by atoms with Crippen LogP contribution in [-0.2, 0) is 6.54 Å². The Morgan fingerprint density at radius 2 is 2.10 bits per heavy atom. The molecule has 0 spiro atoms. The molecular weight excluding hydrogens is 272 g/mol. The molecule has 100 valence electrons. The lowest BCUT2D eigenvalue weighted by molar-refractivity contribution is 0.0947. The molecule has 4 nitrogen and oxygen atoms in total. The summed E-state index contributed by atoms with van der Waals surface area (Å²) in [5.74, 6) is 0.498. The molecule has 2 heterocycles. The smallest absolute Gasteiger partial charge is 0.254 e. The molecule has 5 heteroatoms. The molecule has 0 bridgehead atoms. The number of rotatable bonds is 3. The lowest BCUT2D eigenvalue weighted by atomic mass is 10.2. The minimum atomic E-state index is -0.215. The molecule has 0 aliphatic rings. The molecule has 0 fully saturated rings. The Balaban J connectivity index is 1.75. The van der Waals surface area contributed by atoms with Crippen molar-refractivity contribution >= 4 is 29.1 Å². The molecular formula is C15H12N2O2S. The maximum Gasteiger partial charge on any atom is 0.254 e. The first-order valence-electron chi connectivity index (χ1n) is 6.17. The highest BCUT2D eigenvalue weighted by Gasteiger charge is 2.09. The summed E-state index contributed by atoms with van der Waals surface area (Å²) >= 11 is 5.07. The van der Waals surface area contributed by atoms with Gasteiger partial charge in [0.15, 0.2) is 0 Å². The first-order valence-corrected chi connectivity index (χ1v) is 6.58. The summed E-state index contributed by atoms with van der Waals surface area (Å²) in [5.41, 5.74) is 1.27. The van der Waals surface area contributed by atoms with Crippen molar-refractivity contribution < 1.29 is 9.21 Å². The molecule has 0 aliphatic carbocycles. The third-order valence-corrected chi connectivity index (χ3v) is 3.30. The predicted octanol–water partition coefficient (Wildman–Crippen LogP) is 3.42. The zero-order valence-corrected chi connectivity index (χ0v) is 11.4. The lowest BCUT2D eigenvalue weighted by Gasteiger charge is -2.02. The van der Waals surface area contributed by atoms with Crippen molar-refractivity contribution in [3.8, 4) is 0 Å². The summed E-state index contributed by atoms with van der Waals surface area (Å²) < 4.78 is 6.06. The number of aromatic nitrogens is 1. The van der Waals surface area contributed by atoms with E-state index in [2.05, 4.69) is 10.3 Å². The van der Waals surface area contributed by atoms with Gasteiger partial charge in [0.25, 0.3) is 5.91 Å². The van der Waals surface area contributed by atoms with Gasteiger partial charge in [-0.1, -0.05) is 30.4 Å². The van der Waals surface area contributed by atoms with Crippen molar-refractivity contribution in [2.24, 2.45) is 0 Å². The molecule has 20 heavy (non-hydrogen) atoms. The molecule has 2 N–H and O–H groups in total. The fourth-order valence-electron chi connectivity index (χ4n) is 1.99. The van der Waals surface area contributed by atoms with Gasteiger partial charge in [-0.3, -0.25) is 4.79 Å². The number of para-hydroxylation sites is 1. The SMILES string of the molecule is O=C(NCc1cc2ccccc2o1)c1ccc[nH]c1=S. The number of furan rings is 1. The Labute approximate surface area is 120 Å². The Morgan fingerprint density at radius 1 is 1.25 bits per heavy atom.